The van der Waals surface area contributed by atoms with Crippen molar-refractivity contribution in [3.8, 4) is 17.3 Å². The van der Waals surface area contributed by atoms with Crippen molar-refractivity contribution in [3.05, 3.63) is 60.9 Å². The Kier molecular flexibility index (Phi) is 6.03. The Hall–Kier alpha value is -4.45. The van der Waals surface area contributed by atoms with E-state index in [1.165, 1.54) is 18.7 Å². The first-order valence-electron chi connectivity index (χ1n) is 10.7. The molecular weight excluding hydrogens is 436 g/mol. The van der Waals surface area contributed by atoms with Gasteiger partial charge in [-0.3, -0.25) is 0 Å². The highest BCUT2D eigenvalue weighted by atomic mass is 16.5. The minimum atomic E-state index is -0.395. The van der Waals surface area contributed by atoms with Crippen molar-refractivity contribution < 1.29 is 9.53 Å². The molecule has 2 N–H and O–H groups in total. The van der Waals surface area contributed by atoms with Crippen molar-refractivity contribution in [2.75, 3.05) is 41.8 Å². The first-order chi connectivity index (χ1) is 16.6. The van der Waals surface area contributed by atoms with Gasteiger partial charge < -0.3 is 20.3 Å². The van der Waals surface area contributed by atoms with Crippen LogP contribution in [0.15, 0.2) is 55.2 Å². The summed E-state index contributed by atoms with van der Waals surface area (Å²) in [5, 5.41) is 9.89. The second kappa shape index (κ2) is 9.58. The molecule has 0 saturated carbocycles. The Morgan fingerprint density at radius 3 is 2.32 bits per heavy atom. The molecule has 12 nitrogen and oxygen atoms in total. The number of benzene rings is 1. The minimum absolute atomic E-state index is 0.395. The topological polar surface area (TPSA) is 136 Å². The molecule has 12 heteroatoms. The summed E-state index contributed by atoms with van der Waals surface area (Å²) in [6.45, 7) is 4.55. The number of rotatable bonds is 5. The Morgan fingerprint density at radius 1 is 0.912 bits per heavy atom. The number of amides is 2. The molecule has 0 atom stereocenters. The van der Waals surface area contributed by atoms with Crippen LogP contribution >= 0.6 is 0 Å². The Balaban J connectivity index is 1.39. The van der Waals surface area contributed by atoms with E-state index in [9.17, 15) is 4.79 Å². The van der Waals surface area contributed by atoms with Gasteiger partial charge in [-0.15, -0.1) is 0 Å². The molecule has 34 heavy (non-hydrogen) atoms. The van der Waals surface area contributed by atoms with Crippen LogP contribution in [0, 0.1) is 6.92 Å². The van der Waals surface area contributed by atoms with Gasteiger partial charge in [0.2, 0.25) is 5.95 Å². The predicted octanol–water partition coefficient (Wildman–Crippen LogP) is 2.30. The summed E-state index contributed by atoms with van der Waals surface area (Å²) in [4.78, 5) is 36.0. The number of carbonyl (C=O) groups excluding carboxylic acids is 1. The SMILES string of the molecule is Cc1ccn(-c2nc(-c3ccc(NC(=O)Nc4cncnc4)cc3)nc(N3CCOCC3)n2)n1. The minimum Gasteiger partial charge on any atom is -0.378 e. The molecule has 1 aliphatic heterocycles. The number of anilines is 3. The van der Waals surface area contributed by atoms with Crippen molar-refractivity contribution in [1.29, 1.82) is 0 Å². The van der Waals surface area contributed by atoms with Crippen molar-refractivity contribution in [3.63, 3.8) is 0 Å². The molecule has 0 bridgehead atoms. The van der Waals surface area contributed by atoms with Gasteiger partial charge in [0.1, 0.15) is 6.33 Å². The molecule has 4 aromatic rings. The quantitative estimate of drug-likeness (QED) is 0.462. The van der Waals surface area contributed by atoms with Crippen LogP contribution in [0.4, 0.5) is 22.1 Å². The first kappa shape index (κ1) is 21.4. The van der Waals surface area contributed by atoms with Gasteiger partial charge in [-0.1, -0.05) is 0 Å². The van der Waals surface area contributed by atoms with Crippen LogP contribution in [-0.2, 0) is 4.74 Å². The molecule has 2 amide bonds. The third-order valence-electron chi connectivity index (χ3n) is 5.05. The summed E-state index contributed by atoms with van der Waals surface area (Å²) in [5.41, 5.74) is 2.76. The van der Waals surface area contributed by atoms with E-state index in [0.717, 1.165) is 11.3 Å². The number of nitrogens with zero attached hydrogens (tertiary/aromatic N) is 8. The number of morpholine rings is 1. The summed E-state index contributed by atoms with van der Waals surface area (Å²) in [7, 11) is 0. The molecule has 4 heterocycles. The lowest BCUT2D eigenvalue weighted by molar-refractivity contribution is 0.122. The maximum absolute atomic E-state index is 12.2. The van der Waals surface area contributed by atoms with E-state index >= 15 is 0 Å². The Morgan fingerprint density at radius 2 is 1.62 bits per heavy atom. The molecule has 172 valence electrons. The van der Waals surface area contributed by atoms with Gasteiger partial charge in [0.15, 0.2) is 5.82 Å². The van der Waals surface area contributed by atoms with Crippen LogP contribution in [0.25, 0.3) is 17.3 Å². The standard InChI is InChI=1S/C22H22N10O2/c1-15-6-7-32(30-15)21-28-19(27-20(29-21)31-8-10-34-11-9-31)16-2-4-17(5-3-16)25-22(33)26-18-12-23-14-24-13-18/h2-7,12-14H,8-11H2,1H3,(H2,25,26,33). The zero-order chi connectivity index (χ0) is 23.3. The van der Waals surface area contributed by atoms with Gasteiger partial charge in [-0.25, -0.2) is 19.4 Å². The molecule has 1 fully saturated rings. The summed E-state index contributed by atoms with van der Waals surface area (Å²) in [6.07, 6.45) is 6.25. The zero-order valence-electron chi connectivity index (χ0n) is 18.4. The fraction of sp³-hybridized carbons (Fsp3) is 0.227. The maximum Gasteiger partial charge on any atom is 0.323 e. The summed E-state index contributed by atoms with van der Waals surface area (Å²) >= 11 is 0. The van der Waals surface area contributed by atoms with Crippen LogP contribution < -0.4 is 15.5 Å². The van der Waals surface area contributed by atoms with E-state index in [2.05, 4.69) is 40.6 Å². The van der Waals surface area contributed by atoms with Gasteiger partial charge in [0.05, 0.1) is 37.0 Å². The average molecular weight is 458 g/mol. The summed E-state index contributed by atoms with van der Waals surface area (Å²) in [6, 6.07) is 8.76. The average Bonchev–Trinajstić information content (AvgIpc) is 3.32. The van der Waals surface area contributed by atoms with Crippen LogP contribution in [0.2, 0.25) is 0 Å². The van der Waals surface area contributed by atoms with Crippen molar-refractivity contribution in [2.24, 2.45) is 0 Å². The molecule has 5 rings (SSSR count). The monoisotopic (exact) mass is 458 g/mol. The molecule has 1 saturated heterocycles. The Bertz CT molecular complexity index is 1270. The number of hydrogen-bond acceptors (Lipinski definition) is 9. The number of ether oxygens (including phenoxy) is 1. The second-order valence-corrected chi connectivity index (χ2v) is 7.54. The lowest BCUT2D eigenvalue weighted by Gasteiger charge is -2.27. The highest BCUT2D eigenvalue weighted by Crippen LogP contribution is 2.22. The molecule has 1 aliphatic rings. The molecular formula is C22H22N10O2. The van der Waals surface area contributed by atoms with Gasteiger partial charge >= 0.3 is 6.03 Å². The van der Waals surface area contributed by atoms with Crippen molar-refractivity contribution >= 4 is 23.4 Å². The van der Waals surface area contributed by atoms with Crippen LogP contribution in [0.1, 0.15) is 5.69 Å². The largest absolute Gasteiger partial charge is 0.378 e. The number of carbonyl (C=O) groups is 1. The number of nitrogens with one attached hydrogen (secondary N) is 2. The first-order valence-corrected chi connectivity index (χ1v) is 10.7. The molecule has 3 aromatic heterocycles. The number of urea groups is 1. The normalized spacial score (nSPS) is 13.5. The fourth-order valence-electron chi connectivity index (χ4n) is 3.38. The third-order valence-corrected chi connectivity index (χ3v) is 5.05. The molecule has 0 radical (unpaired) electrons. The number of hydrogen-bond donors (Lipinski definition) is 2. The number of aromatic nitrogens is 7. The van der Waals surface area contributed by atoms with Gasteiger partial charge in [0, 0.05) is 30.5 Å². The molecule has 0 spiro atoms. The maximum atomic E-state index is 12.2. The summed E-state index contributed by atoms with van der Waals surface area (Å²) < 4.78 is 7.10. The fourth-order valence-corrected chi connectivity index (χ4v) is 3.38. The molecule has 1 aromatic carbocycles. The van der Waals surface area contributed by atoms with E-state index < -0.39 is 6.03 Å². The van der Waals surface area contributed by atoms with Gasteiger partial charge in [0.25, 0.3) is 5.95 Å². The second-order valence-electron chi connectivity index (χ2n) is 7.54. The smallest absolute Gasteiger partial charge is 0.323 e. The van der Waals surface area contributed by atoms with E-state index in [-0.39, 0.29) is 0 Å². The van der Waals surface area contributed by atoms with Gasteiger partial charge in [-0.2, -0.15) is 20.1 Å². The zero-order valence-corrected chi connectivity index (χ0v) is 18.4. The molecule has 0 aliphatic carbocycles. The van der Waals surface area contributed by atoms with Crippen LogP contribution in [0.3, 0.4) is 0 Å². The van der Waals surface area contributed by atoms with Crippen molar-refractivity contribution in [2.45, 2.75) is 6.92 Å². The molecule has 0 unspecified atom stereocenters. The summed E-state index contributed by atoms with van der Waals surface area (Å²) in [5.74, 6) is 1.52. The van der Waals surface area contributed by atoms with E-state index in [1.54, 1.807) is 16.8 Å². The highest BCUT2D eigenvalue weighted by Gasteiger charge is 2.18. The lowest BCUT2D eigenvalue weighted by atomic mass is 10.2. The lowest BCUT2D eigenvalue weighted by Crippen LogP contribution is -2.37. The number of aryl methyl sites for hydroxylation is 1. The van der Waals surface area contributed by atoms with E-state index in [1.807, 2.05) is 31.3 Å². The van der Waals surface area contributed by atoms with E-state index in [0.29, 0.717) is 55.4 Å². The Labute approximate surface area is 195 Å². The predicted molar refractivity (Wildman–Crippen MR) is 125 cm³/mol. The van der Waals surface area contributed by atoms with Gasteiger partial charge in [-0.05, 0) is 37.3 Å². The van der Waals surface area contributed by atoms with Crippen LogP contribution in [0.5, 0.6) is 0 Å². The van der Waals surface area contributed by atoms with Crippen LogP contribution in [-0.4, -0.2) is 67.0 Å². The highest BCUT2D eigenvalue weighted by molar-refractivity contribution is 5.99. The third kappa shape index (κ3) is 4.96. The van der Waals surface area contributed by atoms with Crippen molar-refractivity contribution in [1.82, 2.24) is 34.7 Å². The van der Waals surface area contributed by atoms with E-state index in [4.69, 9.17) is 9.72 Å².